The first-order valence-electron chi connectivity index (χ1n) is 6.59. The van der Waals surface area contributed by atoms with Gasteiger partial charge in [0.2, 0.25) is 5.91 Å². The molecule has 0 aliphatic carbocycles. The molecule has 8 heteroatoms. The number of carbonyl (C=O) groups is 1. The van der Waals surface area contributed by atoms with E-state index < -0.39 is 33.8 Å². The molecule has 0 bridgehead atoms. The third-order valence-electron chi connectivity index (χ3n) is 2.89. The molecule has 0 fully saturated rings. The molecule has 0 saturated carbocycles. The van der Waals surface area contributed by atoms with Gasteiger partial charge in [-0.05, 0) is 25.5 Å². The van der Waals surface area contributed by atoms with Crippen LogP contribution in [0.5, 0.6) is 0 Å². The average Bonchev–Trinajstić information content (AvgIpc) is 2.43. The standard InChI is InChI=1S/C13H17F2N3O3/c14-9-6-7-10(18(20)21)13(12(9)15)17-11(19)5-3-1-2-4-8-16/h6-7H,1-5,8,16H2,(H,17,19). The van der Waals surface area contributed by atoms with E-state index in [1.54, 1.807) is 0 Å². The second-order valence-corrected chi connectivity index (χ2v) is 4.51. The SMILES string of the molecule is NCCCCCCC(=O)Nc1c([N+](=O)[O-])ccc(F)c1F. The summed E-state index contributed by atoms with van der Waals surface area (Å²) in [6.07, 6.45) is 3.14. The van der Waals surface area contributed by atoms with Gasteiger partial charge in [0.15, 0.2) is 17.3 Å². The highest BCUT2D eigenvalue weighted by atomic mass is 19.2. The Morgan fingerprint density at radius 3 is 2.52 bits per heavy atom. The summed E-state index contributed by atoms with van der Waals surface area (Å²) in [5.74, 6) is -3.27. The summed E-state index contributed by atoms with van der Waals surface area (Å²) in [4.78, 5) is 21.5. The maximum absolute atomic E-state index is 13.6. The maximum Gasteiger partial charge on any atom is 0.296 e. The molecule has 1 rings (SSSR count). The van der Waals surface area contributed by atoms with Gasteiger partial charge in [0.25, 0.3) is 5.69 Å². The van der Waals surface area contributed by atoms with Crippen LogP contribution in [0.25, 0.3) is 0 Å². The number of nitro benzene ring substituents is 1. The molecule has 116 valence electrons. The number of carbonyl (C=O) groups excluding carboxylic acids is 1. The zero-order chi connectivity index (χ0) is 15.8. The van der Waals surface area contributed by atoms with Gasteiger partial charge in [-0.2, -0.15) is 0 Å². The number of amides is 1. The highest BCUT2D eigenvalue weighted by Crippen LogP contribution is 2.29. The van der Waals surface area contributed by atoms with Crippen molar-refractivity contribution in [2.75, 3.05) is 11.9 Å². The van der Waals surface area contributed by atoms with Gasteiger partial charge in [-0.3, -0.25) is 14.9 Å². The van der Waals surface area contributed by atoms with Crippen molar-refractivity contribution in [2.45, 2.75) is 32.1 Å². The first-order valence-corrected chi connectivity index (χ1v) is 6.59. The summed E-state index contributed by atoms with van der Waals surface area (Å²) in [5.41, 5.74) is 3.92. The molecule has 21 heavy (non-hydrogen) atoms. The van der Waals surface area contributed by atoms with Crippen LogP contribution >= 0.6 is 0 Å². The van der Waals surface area contributed by atoms with Crippen LogP contribution in [0.4, 0.5) is 20.2 Å². The number of unbranched alkanes of at least 4 members (excludes halogenated alkanes) is 3. The summed E-state index contributed by atoms with van der Waals surface area (Å²) in [5, 5.41) is 12.8. The Labute approximate surface area is 120 Å². The second-order valence-electron chi connectivity index (χ2n) is 4.51. The third-order valence-corrected chi connectivity index (χ3v) is 2.89. The molecule has 0 heterocycles. The summed E-state index contributed by atoms with van der Waals surface area (Å²) >= 11 is 0. The van der Waals surface area contributed by atoms with E-state index in [0.717, 1.165) is 25.3 Å². The zero-order valence-corrected chi connectivity index (χ0v) is 11.4. The molecular weight excluding hydrogens is 284 g/mol. The summed E-state index contributed by atoms with van der Waals surface area (Å²) < 4.78 is 26.7. The van der Waals surface area contributed by atoms with Crippen LogP contribution in [-0.4, -0.2) is 17.4 Å². The molecule has 0 atom stereocenters. The van der Waals surface area contributed by atoms with Gasteiger partial charge in [0, 0.05) is 12.5 Å². The Kier molecular flexibility index (Phi) is 6.67. The molecule has 0 aromatic heterocycles. The van der Waals surface area contributed by atoms with E-state index in [4.69, 9.17) is 5.73 Å². The fraction of sp³-hybridized carbons (Fsp3) is 0.462. The predicted octanol–water partition coefficient (Wildman–Crippen LogP) is 2.72. The van der Waals surface area contributed by atoms with Crippen LogP contribution in [0.3, 0.4) is 0 Å². The summed E-state index contributed by atoms with van der Waals surface area (Å²) in [7, 11) is 0. The predicted molar refractivity (Wildman–Crippen MR) is 73.8 cm³/mol. The Bertz CT molecular complexity index is 524. The van der Waals surface area contributed by atoms with Crippen LogP contribution in [0.15, 0.2) is 12.1 Å². The molecule has 0 unspecified atom stereocenters. The van der Waals surface area contributed by atoms with Gasteiger partial charge in [-0.15, -0.1) is 0 Å². The topological polar surface area (TPSA) is 98.3 Å². The monoisotopic (exact) mass is 301 g/mol. The Morgan fingerprint density at radius 2 is 1.90 bits per heavy atom. The van der Waals surface area contributed by atoms with E-state index >= 15 is 0 Å². The number of nitrogens with one attached hydrogen (secondary N) is 1. The number of nitrogens with zero attached hydrogens (tertiary/aromatic N) is 1. The number of rotatable bonds is 8. The van der Waals surface area contributed by atoms with Gasteiger partial charge in [-0.1, -0.05) is 12.8 Å². The molecule has 1 amide bonds. The molecule has 1 aromatic rings. The van der Waals surface area contributed by atoms with Crippen molar-refractivity contribution in [1.82, 2.24) is 0 Å². The van der Waals surface area contributed by atoms with Crippen LogP contribution < -0.4 is 11.1 Å². The number of nitro groups is 1. The molecule has 3 N–H and O–H groups in total. The number of hydrogen-bond donors (Lipinski definition) is 2. The van der Waals surface area contributed by atoms with Gasteiger partial charge < -0.3 is 11.1 Å². The highest BCUT2D eigenvalue weighted by Gasteiger charge is 2.23. The molecule has 0 spiro atoms. The van der Waals surface area contributed by atoms with Gasteiger partial charge >= 0.3 is 0 Å². The average molecular weight is 301 g/mol. The van der Waals surface area contributed by atoms with Crippen LogP contribution in [-0.2, 0) is 4.79 Å². The normalized spacial score (nSPS) is 10.4. The minimum absolute atomic E-state index is 0.0810. The van der Waals surface area contributed by atoms with E-state index in [-0.39, 0.29) is 6.42 Å². The number of nitrogens with two attached hydrogens (primary N) is 1. The lowest BCUT2D eigenvalue weighted by Crippen LogP contribution is -2.14. The number of hydrogen-bond acceptors (Lipinski definition) is 4. The van der Waals surface area contributed by atoms with Crippen LogP contribution in [0, 0.1) is 21.7 Å². The minimum atomic E-state index is -1.43. The van der Waals surface area contributed by atoms with Crippen molar-refractivity contribution < 1.29 is 18.5 Å². The first-order chi connectivity index (χ1) is 9.97. The first kappa shape index (κ1) is 17.0. The van der Waals surface area contributed by atoms with Gasteiger partial charge in [-0.25, -0.2) is 8.78 Å². The number of halogens is 2. The Hall–Kier alpha value is -2.09. The quantitative estimate of drug-likeness (QED) is 0.438. The molecule has 0 aliphatic rings. The van der Waals surface area contributed by atoms with Crippen molar-refractivity contribution >= 4 is 17.3 Å². The van der Waals surface area contributed by atoms with E-state index in [1.807, 2.05) is 0 Å². The summed E-state index contributed by atoms with van der Waals surface area (Å²) in [6.45, 7) is 0.576. The molecular formula is C13H17F2N3O3. The Balaban J connectivity index is 2.67. The van der Waals surface area contributed by atoms with Gasteiger partial charge in [0.05, 0.1) is 4.92 Å². The van der Waals surface area contributed by atoms with Crippen LogP contribution in [0.2, 0.25) is 0 Å². The van der Waals surface area contributed by atoms with Gasteiger partial charge in [0.1, 0.15) is 0 Å². The fourth-order valence-corrected chi connectivity index (χ4v) is 1.80. The van der Waals surface area contributed by atoms with Crippen molar-refractivity contribution in [3.05, 3.63) is 33.9 Å². The molecule has 6 nitrogen and oxygen atoms in total. The van der Waals surface area contributed by atoms with Crippen molar-refractivity contribution in [3.8, 4) is 0 Å². The molecule has 0 radical (unpaired) electrons. The van der Waals surface area contributed by atoms with E-state index in [0.29, 0.717) is 19.0 Å². The summed E-state index contributed by atoms with van der Waals surface area (Å²) in [6, 6.07) is 1.46. The van der Waals surface area contributed by atoms with Crippen molar-refractivity contribution in [2.24, 2.45) is 5.73 Å². The van der Waals surface area contributed by atoms with Crippen molar-refractivity contribution in [1.29, 1.82) is 0 Å². The third kappa shape index (κ3) is 5.07. The minimum Gasteiger partial charge on any atom is -0.330 e. The fourth-order valence-electron chi connectivity index (χ4n) is 1.80. The molecule has 1 aromatic carbocycles. The molecule has 0 saturated heterocycles. The van der Waals surface area contributed by atoms with E-state index in [2.05, 4.69) is 5.32 Å². The maximum atomic E-state index is 13.6. The van der Waals surface area contributed by atoms with E-state index in [9.17, 15) is 23.7 Å². The lowest BCUT2D eigenvalue weighted by Gasteiger charge is -2.07. The van der Waals surface area contributed by atoms with Crippen LogP contribution in [0.1, 0.15) is 32.1 Å². The largest absolute Gasteiger partial charge is 0.330 e. The lowest BCUT2D eigenvalue weighted by atomic mass is 10.1. The Morgan fingerprint density at radius 1 is 1.24 bits per heavy atom. The smallest absolute Gasteiger partial charge is 0.296 e. The zero-order valence-electron chi connectivity index (χ0n) is 11.4. The number of benzene rings is 1. The van der Waals surface area contributed by atoms with Crippen molar-refractivity contribution in [3.63, 3.8) is 0 Å². The highest BCUT2D eigenvalue weighted by molar-refractivity contribution is 5.93. The second kappa shape index (κ2) is 8.25. The van der Waals surface area contributed by atoms with E-state index in [1.165, 1.54) is 0 Å². The molecule has 0 aliphatic heterocycles. The number of anilines is 1. The lowest BCUT2D eigenvalue weighted by molar-refractivity contribution is -0.384.